The van der Waals surface area contributed by atoms with Crippen LogP contribution in [0.1, 0.15) is 46.6 Å². The maximum absolute atomic E-state index is 12.4. The van der Waals surface area contributed by atoms with Crippen LogP contribution < -0.4 is 10.1 Å². The third-order valence-electron chi connectivity index (χ3n) is 6.05. The van der Waals surface area contributed by atoms with Gasteiger partial charge in [0.25, 0.3) is 5.91 Å². The van der Waals surface area contributed by atoms with E-state index in [1.54, 1.807) is 0 Å². The SMILES string of the molecule is Cc1cccc(C(=O)NCCCc2nc3ccccc3n2CCCCOc2ccc(Cl)c(C)c2)c1. The number of amides is 1. The van der Waals surface area contributed by atoms with E-state index in [4.69, 9.17) is 21.3 Å². The third-order valence-corrected chi connectivity index (χ3v) is 6.47. The highest BCUT2D eigenvalue weighted by Gasteiger charge is 2.11. The molecule has 1 aromatic heterocycles. The maximum atomic E-state index is 12.4. The topological polar surface area (TPSA) is 56.2 Å². The van der Waals surface area contributed by atoms with Crippen LogP contribution in [0.4, 0.5) is 0 Å². The molecule has 0 saturated carbocycles. The Morgan fingerprint density at radius 2 is 1.86 bits per heavy atom. The first-order valence-electron chi connectivity index (χ1n) is 12.2. The predicted molar refractivity (Wildman–Crippen MR) is 142 cm³/mol. The zero-order valence-electron chi connectivity index (χ0n) is 20.4. The number of para-hydroxylation sites is 2. The highest BCUT2D eigenvalue weighted by atomic mass is 35.5. The Morgan fingerprint density at radius 1 is 1.00 bits per heavy atom. The van der Waals surface area contributed by atoms with Gasteiger partial charge in [0, 0.05) is 30.1 Å². The molecule has 1 N–H and O–H groups in total. The van der Waals surface area contributed by atoms with E-state index in [0.717, 1.165) is 71.0 Å². The molecule has 0 bridgehead atoms. The first-order valence-corrected chi connectivity index (χ1v) is 12.6. The van der Waals surface area contributed by atoms with Gasteiger partial charge in [0.05, 0.1) is 17.6 Å². The molecule has 1 heterocycles. The van der Waals surface area contributed by atoms with E-state index in [1.165, 1.54) is 0 Å². The number of rotatable bonds is 11. The smallest absolute Gasteiger partial charge is 0.251 e. The second-order valence-electron chi connectivity index (χ2n) is 8.86. The van der Waals surface area contributed by atoms with Crippen LogP contribution in [0.2, 0.25) is 5.02 Å². The Bertz CT molecular complexity index is 1300. The summed E-state index contributed by atoms with van der Waals surface area (Å²) in [6.07, 6.45) is 3.58. The number of aromatic nitrogens is 2. The first-order chi connectivity index (χ1) is 17.0. The molecule has 4 rings (SSSR count). The molecule has 0 spiro atoms. The van der Waals surface area contributed by atoms with Crippen molar-refractivity contribution in [2.45, 2.75) is 46.1 Å². The van der Waals surface area contributed by atoms with Crippen LogP contribution in [0.15, 0.2) is 66.7 Å². The largest absolute Gasteiger partial charge is 0.494 e. The minimum atomic E-state index is -0.0296. The molecule has 3 aromatic carbocycles. The van der Waals surface area contributed by atoms with Gasteiger partial charge in [-0.1, -0.05) is 41.4 Å². The molecule has 182 valence electrons. The summed E-state index contributed by atoms with van der Waals surface area (Å²) in [5.74, 6) is 1.89. The number of hydrogen-bond donors (Lipinski definition) is 1. The van der Waals surface area contributed by atoms with Crippen molar-refractivity contribution in [1.82, 2.24) is 14.9 Å². The minimum absolute atomic E-state index is 0.0296. The molecule has 0 aliphatic rings. The van der Waals surface area contributed by atoms with Crippen LogP contribution in [0.3, 0.4) is 0 Å². The number of hydrogen-bond acceptors (Lipinski definition) is 3. The van der Waals surface area contributed by atoms with Gasteiger partial charge in [-0.25, -0.2) is 4.98 Å². The Labute approximate surface area is 212 Å². The van der Waals surface area contributed by atoms with Crippen molar-refractivity contribution in [2.24, 2.45) is 0 Å². The van der Waals surface area contributed by atoms with E-state index < -0.39 is 0 Å². The van der Waals surface area contributed by atoms with E-state index in [-0.39, 0.29) is 5.91 Å². The average molecular weight is 490 g/mol. The van der Waals surface area contributed by atoms with Crippen LogP contribution in [0.25, 0.3) is 11.0 Å². The Hall–Kier alpha value is -3.31. The highest BCUT2D eigenvalue weighted by molar-refractivity contribution is 6.31. The standard InChI is InChI=1S/C29H32ClN3O2/c1-21-9-7-10-23(19-21)29(34)31-16-8-13-28-32-26-11-3-4-12-27(26)33(28)17-5-6-18-35-24-14-15-25(30)22(2)20-24/h3-4,7,9-12,14-15,19-20H,5-6,8,13,16-18H2,1-2H3,(H,31,34). The van der Waals surface area contributed by atoms with E-state index in [9.17, 15) is 4.79 Å². The fourth-order valence-electron chi connectivity index (χ4n) is 4.17. The average Bonchev–Trinajstić information content (AvgIpc) is 3.21. The number of carbonyl (C=O) groups excluding carboxylic acids is 1. The molecule has 0 unspecified atom stereocenters. The lowest BCUT2D eigenvalue weighted by molar-refractivity contribution is 0.0953. The second kappa shape index (κ2) is 11.9. The fourth-order valence-corrected chi connectivity index (χ4v) is 4.29. The summed E-state index contributed by atoms with van der Waals surface area (Å²) in [6, 6.07) is 21.7. The number of unbranched alkanes of at least 4 members (excludes halogenated alkanes) is 1. The normalized spacial score (nSPS) is 11.1. The van der Waals surface area contributed by atoms with Gasteiger partial charge in [0.1, 0.15) is 11.6 Å². The molecule has 5 nitrogen and oxygen atoms in total. The molecular formula is C29H32ClN3O2. The molecule has 0 saturated heterocycles. The summed E-state index contributed by atoms with van der Waals surface area (Å²) in [6.45, 7) is 6.13. The number of nitrogens with one attached hydrogen (secondary N) is 1. The lowest BCUT2D eigenvalue weighted by Gasteiger charge is -2.11. The van der Waals surface area contributed by atoms with Crippen molar-refractivity contribution < 1.29 is 9.53 Å². The first kappa shape index (κ1) is 24.8. The molecule has 0 aliphatic carbocycles. The van der Waals surface area contributed by atoms with Gasteiger partial charge in [0.15, 0.2) is 0 Å². The summed E-state index contributed by atoms with van der Waals surface area (Å²) in [5.41, 5.74) is 4.97. The van der Waals surface area contributed by atoms with Crippen LogP contribution in [-0.2, 0) is 13.0 Å². The predicted octanol–water partition coefficient (Wildman–Crippen LogP) is 6.53. The van der Waals surface area contributed by atoms with Crippen molar-refractivity contribution in [2.75, 3.05) is 13.2 Å². The van der Waals surface area contributed by atoms with Gasteiger partial charge < -0.3 is 14.6 Å². The van der Waals surface area contributed by atoms with E-state index in [2.05, 4.69) is 28.1 Å². The number of aryl methyl sites for hydroxylation is 4. The van der Waals surface area contributed by atoms with Crippen LogP contribution in [0.5, 0.6) is 5.75 Å². The van der Waals surface area contributed by atoms with Crippen molar-refractivity contribution in [3.63, 3.8) is 0 Å². The Kier molecular flexibility index (Phi) is 8.43. The number of imidazole rings is 1. The molecule has 0 aliphatic heterocycles. The van der Waals surface area contributed by atoms with Crippen LogP contribution in [-0.4, -0.2) is 28.6 Å². The number of benzene rings is 3. The summed E-state index contributed by atoms with van der Waals surface area (Å²) in [5, 5.41) is 3.79. The summed E-state index contributed by atoms with van der Waals surface area (Å²) < 4.78 is 8.21. The molecule has 0 fully saturated rings. The molecule has 6 heteroatoms. The number of fused-ring (bicyclic) bond motifs is 1. The molecular weight excluding hydrogens is 458 g/mol. The van der Waals surface area contributed by atoms with Crippen LogP contribution >= 0.6 is 11.6 Å². The van der Waals surface area contributed by atoms with E-state index >= 15 is 0 Å². The monoisotopic (exact) mass is 489 g/mol. The van der Waals surface area contributed by atoms with E-state index in [0.29, 0.717) is 18.7 Å². The van der Waals surface area contributed by atoms with Crippen molar-refractivity contribution >= 4 is 28.5 Å². The zero-order chi connectivity index (χ0) is 24.6. The van der Waals surface area contributed by atoms with Gasteiger partial charge in [-0.3, -0.25) is 4.79 Å². The number of halogens is 1. The van der Waals surface area contributed by atoms with Gasteiger partial charge >= 0.3 is 0 Å². The third kappa shape index (κ3) is 6.64. The quantitative estimate of drug-likeness (QED) is 0.244. The second-order valence-corrected chi connectivity index (χ2v) is 9.27. The van der Waals surface area contributed by atoms with Crippen LogP contribution in [0, 0.1) is 13.8 Å². The summed E-state index contributed by atoms with van der Waals surface area (Å²) >= 11 is 6.09. The molecule has 0 atom stereocenters. The lowest BCUT2D eigenvalue weighted by Crippen LogP contribution is -2.25. The molecule has 4 aromatic rings. The Morgan fingerprint density at radius 3 is 2.69 bits per heavy atom. The van der Waals surface area contributed by atoms with E-state index in [1.807, 2.05) is 62.4 Å². The van der Waals surface area contributed by atoms with Crippen molar-refractivity contribution in [1.29, 1.82) is 0 Å². The van der Waals surface area contributed by atoms with Crippen molar-refractivity contribution in [3.05, 3.63) is 94.3 Å². The maximum Gasteiger partial charge on any atom is 0.251 e. The van der Waals surface area contributed by atoms with Gasteiger partial charge in [-0.05, 0) is 81.1 Å². The number of carbonyl (C=O) groups is 1. The number of nitrogens with zero attached hydrogens (tertiary/aromatic N) is 2. The zero-order valence-corrected chi connectivity index (χ0v) is 21.1. The molecule has 35 heavy (non-hydrogen) atoms. The molecule has 1 amide bonds. The Balaban J connectivity index is 1.29. The van der Waals surface area contributed by atoms with Gasteiger partial charge in [-0.15, -0.1) is 0 Å². The van der Waals surface area contributed by atoms with Gasteiger partial charge in [-0.2, -0.15) is 0 Å². The number of ether oxygens (including phenoxy) is 1. The summed E-state index contributed by atoms with van der Waals surface area (Å²) in [7, 11) is 0. The fraction of sp³-hybridized carbons (Fsp3) is 0.310. The van der Waals surface area contributed by atoms with Gasteiger partial charge in [0.2, 0.25) is 0 Å². The highest BCUT2D eigenvalue weighted by Crippen LogP contribution is 2.22. The van der Waals surface area contributed by atoms with Crippen molar-refractivity contribution in [3.8, 4) is 5.75 Å². The lowest BCUT2D eigenvalue weighted by atomic mass is 10.1. The molecule has 0 radical (unpaired) electrons. The summed E-state index contributed by atoms with van der Waals surface area (Å²) in [4.78, 5) is 17.3. The minimum Gasteiger partial charge on any atom is -0.494 e.